The van der Waals surface area contributed by atoms with Crippen LogP contribution < -0.4 is 4.72 Å². The van der Waals surface area contributed by atoms with Gasteiger partial charge >= 0.3 is 0 Å². The molecular formula is C9H19NO4S. The molecule has 0 saturated heterocycles. The van der Waals surface area contributed by atoms with E-state index in [1.807, 2.05) is 0 Å². The number of hydrogen-bond acceptors (Lipinski definition) is 4. The highest BCUT2D eigenvalue weighted by Crippen LogP contribution is 2.23. The maximum Gasteiger partial charge on any atom is 0.214 e. The average molecular weight is 237 g/mol. The molecule has 0 aromatic rings. The van der Waals surface area contributed by atoms with Gasteiger partial charge in [0.1, 0.15) is 0 Å². The van der Waals surface area contributed by atoms with Crippen molar-refractivity contribution < 1.29 is 18.3 Å². The van der Waals surface area contributed by atoms with E-state index in [0.29, 0.717) is 13.2 Å². The molecule has 1 fully saturated rings. The van der Waals surface area contributed by atoms with E-state index in [4.69, 9.17) is 9.84 Å². The summed E-state index contributed by atoms with van der Waals surface area (Å²) in [6.45, 7) is 0.825. The van der Waals surface area contributed by atoms with E-state index in [9.17, 15) is 8.42 Å². The van der Waals surface area contributed by atoms with Gasteiger partial charge in [-0.15, -0.1) is 0 Å². The molecule has 5 nitrogen and oxygen atoms in total. The molecule has 1 rings (SSSR count). The highest BCUT2D eigenvalue weighted by molar-refractivity contribution is 7.90. The van der Waals surface area contributed by atoms with E-state index < -0.39 is 10.0 Å². The molecular weight excluding hydrogens is 218 g/mol. The SMILES string of the molecule is O=S(=O)(NCCOCCO)C1CCCC1. The van der Waals surface area contributed by atoms with Crippen LogP contribution in [0.2, 0.25) is 0 Å². The number of sulfonamides is 1. The molecule has 0 spiro atoms. The number of aliphatic hydroxyl groups excluding tert-OH is 1. The van der Waals surface area contributed by atoms with Crippen LogP contribution in [0.15, 0.2) is 0 Å². The molecule has 1 saturated carbocycles. The normalized spacial score (nSPS) is 18.5. The van der Waals surface area contributed by atoms with Crippen molar-refractivity contribution in [3.63, 3.8) is 0 Å². The van der Waals surface area contributed by atoms with E-state index in [1.165, 1.54) is 0 Å². The van der Waals surface area contributed by atoms with Gasteiger partial charge in [-0.25, -0.2) is 13.1 Å². The van der Waals surface area contributed by atoms with Gasteiger partial charge in [-0.3, -0.25) is 0 Å². The molecule has 0 heterocycles. The minimum Gasteiger partial charge on any atom is -0.394 e. The van der Waals surface area contributed by atoms with Crippen molar-refractivity contribution >= 4 is 10.0 Å². The Morgan fingerprint density at radius 1 is 1.27 bits per heavy atom. The van der Waals surface area contributed by atoms with Crippen LogP contribution >= 0.6 is 0 Å². The van der Waals surface area contributed by atoms with Crippen LogP contribution in [-0.2, 0) is 14.8 Å². The molecule has 15 heavy (non-hydrogen) atoms. The molecule has 0 amide bonds. The first-order valence-corrected chi connectivity index (χ1v) is 6.88. The Labute approximate surface area is 90.9 Å². The molecule has 90 valence electrons. The second-order valence-electron chi connectivity index (χ2n) is 3.68. The number of aliphatic hydroxyl groups is 1. The highest BCUT2D eigenvalue weighted by Gasteiger charge is 2.27. The molecule has 0 aromatic heterocycles. The predicted octanol–water partition coefficient (Wildman–Crippen LogP) is -0.143. The molecule has 2 N–H and O–H groups in total. The maximum absolute atomic E-state index is 11.6. The fourth-order valence-corrected chi connectivity index (χ4v) is 3.30. The second-order valence-corrected chi connectivity index (χ2v) is 5.73. The molecule has 6 heteroatoms. The molecule has 0 bridgehead atoms. The summed E-state index contributed by atoms with van der Waals surface area (Å²) in [6, 6.07) is 0. The van der Waals surface area contributed by atoms with Crippen molar-refractivity contribution in [2.24, 2.45) is 0 Å². The molecule has 0 aliphatic heterocycles. The summed E-state index contributed by atoms with van der Waals surface area (Å²) in [4.78, 5) is 0. The largest absolute Gasteiger partial charge is 0.394 e. The minimum absolute atomic E-state index is 0.0324. The van der Waals surface area contributed by atoms with Gasteiger partial charge in [0.25, 0.3) is 0 Å². The van der Waals surface area contributed by atoms with Crippen molar-refractivity contribution in [1.29, 1.82) is 0 Å². The van der Waals surface area contributed by atoms with Crippen LogP contribution in [0.5, 0.6) is 0 Å². The van der Waals surface area contributed by atoms with Crippen LogP contribution in [0.1, 0.15) is 25.7 Å². The lowest BCUT2D eigenvalue weighted by Crippen LogP contribution is -2.35. The Kier molecular flexibility index (Phi) is 5.52. The third-order valence-corrected chi connectivity index (χ3v) is 4.48. The standard InChI is InChI=1S/C9H19NO4S/c11-6-8-14-7-5-10-15(12,13)9-3-1-2-4-9/h9-11H,1-8H2. The van der Waals surface area contributed by atoms with Gasteiger partial charge in [0.2, 0.25) is 10.0 Å². The number of rotatable bonds is 7. The molecule has 0 aromatic carbocycles. The second kappa shape index (κ2) is 6.42. The Morgan fingerprint density at radius 2 is 1.93 bits per heavy atom. The first-order chi connectivity index (χ1) is 7.17. The van der Waals surface area contributed by atoms with E-state index in [0.717, 1.165) is 25.7 Å². The first kappa shape index (κ1) is 12.9. The fourth-order valence-electron chi connectivity index (χ4n) is 1.74. The van der Waals surface area contributed by atoms with Crippen LogP contribution in [0, 0.1) is 0 Å². The smallest absolute Gasteiger partial charge is 0.214 e. The van der Waals surface area contributed by atoms with Crippen LogP contribution in [0.3, 0.4) is 0 Å². The lowest BCUT2D eigenvalue weighted by Gasteiger charge is -2.12. The summed E-state index contributed by atoms with van der Waals surface area (Å²) >= 11 is 0. The molecule has 0 atom stereocenters. The van der Waals surface area contributed by atoms with Crippen molar-refractivity contribution in [1.82, 2.24) is 4.72 Å². The maximum atomic E-state index is 11.6. The van der Waals surface area contributed by atoms with Gasteiger partial charge in [-0.05, 0) is 12.8 Å². The summed E-state index contributed by atoms with van der Waals surface area (Å²) < 4.78 is 30.8. The Morgan fingerprint density at radius 3 is 2.53 bits per heavy atom. The van der Waals surface area contributed by atoms with E-state index in [1.54, 1.807) is 0 Å². The minimum atomic E-state index is -3.14. The number of ether oxygens (including phenoxy) is 1. The quantitative estimate of drug-likeness (QED) is 0.604. The van der Waals surface area contributed by atoms with E-state index >= 15 is 0 Å². The van der Waals surface area contributed by atoms with Gasteiger partial charge in [-0.1, -0.05) is 12.8 Å². The Bertz CT molecular complexity index is 259. The summed E-state index contributed by atoms with van der Waals surface area (Å²) in [5, 5.41) is 8.22. The topological polar surface area (TPSA) is 75.6 Å². The lowest BCUT2D eigenvalue weighted by atomic mass is 10.4. The predicted molar refractivity (Wildman–Crippen MR) is 57.1 cm³/mol. The van der Waals surface area contributed by atoms with E-state index in [2.05, 4.69) is 4.72 Å². The van der Waals surface area contributed by atoms with Crippen molar-refractivity contribution in [3.05, 3.63) is 0 Å². The van der Waals surface area contributed by atoms with Crippen molar-refractivity contribution in [3.8, 4) is 0 Å². The monoisotopic (exact) mass is 237 g/mol. The summed E-state index contributed by atoms with van der Waals surface area (Å²) in [7, 11) is -3.14. The van der Waals surface area contributed by atoms with Crippen molar-refractivity contribution in [2.75, 3.05) is 26.4 Å². The Hall–Kier alpha value is -0.170. The third kappa shape index (κ3) is 4.46. The Balaban J connectivity index is 2.18. The van der Waals surface area contributed by atoms with Gasteiger partial charge in [0, 0.05) is 6.54 Å². The summed E-state index contributed by atoms with van der Waals surface area (Å²) in [6.07, 6.45) is 3.55. The third-order valence-electron chi connectivity index (χ3n) is 2.53. The molecule has 1 aliphatic rings. The highest BCUT2D eigenvalue weighted by atomic mass is 32.2. The van der Waals surface area contributed by atoms with Crippen LogP contribution in [-0.4, -0.2) is 45.1 Å². The number of nitrogens with one attached hydrogen (secondary N) is 1. The zero-order valence-electron chi connectivity index (χ0n) is 8.81. The molecule has 1 aliphatic carbocycles. The molecule has 0 radical (unpaired) electrons. The van der Waals surface area contributed by atoms with Crippen molar-refractivity contribution in [2.45, 2.75) is 30.9 Å². The first-order valence-electron chi connectivity index (χ1n) is 5.34. The van der Waals surface area contributed by atoms with Crippen LogP contribution in [0.4, 0.5) is 0 Å². The van der Waals surface area contributed by atoms with Crippen LogP contribution in [0.25, 0.3) is 0 Å². The zero-order chi connectivity index (χ0) is 11.1. The lowest BCUT2D eigenvalue weighted by molar-refractivity contribution is 0.0961. The van der Waals surface area contributed by atoms with Gasteiger partial charge in [0.15, 0.2) is 0 Å². The fraction of sp³-hybridized carbons (Fsp3) is 1.00. The summed E-state index contributed by atoms with van der Waals surface area (Å²) in [5.41, 5.74) is 0. The van der Waals surface area contributed by atoms with Gasteiger partial charge in [0.05, 0.1) is 25.1 Å². The summed E-state index contributed by atoms with van der Waals surface area (Å²) in [5.74, 6) is 0. The van der Waals surface area contributed by atoms with Gasteiger partial charge in [-0.2, -0.15) is 0 Å². The average Bonchev–Trinajstić information content (AvgIpc) is 2.70. The van der Waals surface area contributed by atoms with E-state index in [-0.39, 0.29) is 18.5 Å². The zero-order valence-corrected chi connectivity index (χ0v) is 9.63. The number of hydrogen-bond donors (Lipinski definition) is 2. The van der Waals surface area contributed by atoms with Gasteiger partial charge < -0.3 is 9.84 Å². The molecule has 0 unspecified atom stereocenters.